The van der Waals surface area contributed by atoms with Crippen LogP contribution >= 0.6 is 0 Å². The van der Waals surface area contributed by atoms with E-state index in [1.165, 1.54) is 35.6 Å². The molecule has 0 heterocycles. The van der Waals surface area contributed by atoms with Gasteiger partial charge in [0, 0.05) is 18.1 Å². The Labute approximate surface area is 182 Å². The number of hydrogen-bond donors (Lipinski definition) is 1. The van der Waals surface area contributed by atoms with Gasteiger partial charge in [-0.2, -0.15) is 0 Å². The van der Waals surface area contributed by atoms with Crippen LogP contribution in [0.3, 0.4) is 0 Å². The molecule has 0 aromatic heterocycles. The average molecular weight is 411 g/mol. The lowest BCUT2D eigenvalue weighted by Crippen LogP contribution is -2.34. The molecule has 30 heavy (non-hydrogen) atoms. The van der Waals surface area contributed by atoms with E-state index >= 15 is 0 Å². The number of ether oxygens (including phenoxy) is 1. The van der Waals surface area contributed by atoms with Gasteiger partial charge in [-0.3, -0.25) is 0 Å². The van der Waals surface area contributed by atoms with Crippen LogP contribution in [-0.4, -0.2) is 24.3 Å². The first kappa shape index (κ1) is 22.8. The van der Waals surface area contributed by atoms with Crippen LogP contribution in [0.5, 0.6) is 0 Å². The van der Waals surface area contributed by atoms with Crippen molar-refractivity contribution < 1.29 is 14.6 Å². The molecule has 0 unspecified atom stereocenters. The Morgan fingerprint density at radius 3 is 2.37 bits per heavy atom. The van der Waals surface area contributed by atoms with E-state index in [1.54, 1.807) is 0 Å². The van der Waals surface area contributed by atoms with Gasteiger partial charge in [0.2, 0.25) is 0 Å². The summed E-state index contributed by atoms with van der Waals surface area (Å²) in [5.74, 6) is -0.149. The van der Waals surface area contributed by atoms with Gasteiger partial charge < -0.3 is 9.84 Å². The summed E-state index contributed by atoms with van der Waals surface area (Å²) < 4.78 is 5.82. The van der Waals surface area contributed by atoms with E-state index < -0.39 is 5.97 Å². The third-order valence-corrected chi connectivity index (χ3v) is 7.68. The average Bonchev–Trinajstić information content (AvgIpc) is 3.25. The van der Waals surface area contributed by atoms with Crippen molar-refractivity contribution >= 4 is 5.97 Å². The number of hydrogen-bond acceptors (Lipinski definition) is 2. The van der Waals surface area contributed by atoms with Crippen LogP contribution in [0, 0.1) is 11.8 Å². The Bertz CT molecular complexity index is 874. The van der Waals surface area contributed by atoms with Gasteiger partial charge in [0.1, 0.15) is 0 Å². The predicted octanol–water partition coefficient (Wildman–Crippen LogP) is 6.16. The van der Waals surface area contributed by atoms with Crippen LogP contribution in [0.1, 0.15) is 78.0 Å². The van der Waals surface area contributed by atoms with Gasteiger partial charge >= 0.3 is 5.97 Å². The second kappa shape index (κ2) is 8.00. The standard InChI is InChI=1S/C27H38O3/c1-8-30-17-23-21(11-9-18(2)15-24(28)29)27(23,7)19-10-12-20-22(16-19)26(5,6)14-13-25(20,3)4/h9-12,15-16,21,23H,8,13-14,17H2,1-7H3,(H,28,29)/b11-9+,18-15+/t21-,23+,27+/m0/s1. The molecule has 0 aliphatic heterocycles. The fourth-order valence-corrected chi connectivity index (χ4v) is 5.32. The number of rotatable bonds is 7. The SMILES string of the molecule is CCOC[C@@H]1[C@H](/C=C/C(C)=C/C(=O)O)[C@@]1(C)c1ccc2c(c1)C(C)(C)CCC2(C)C. The largest absolute Gasteiger partial charge is 0.478 e. The van der Waals surface area contributed by atoms with E-state index in [1.807, 2.05) is 19.9 Å². The Hall–Kier alpha value is -1.87. The first-order valence-corrected chi connectivity index (χ1v) is 11.3. The monoisotopic (exact) mass is 410 g/mol. The maximum absolute atomic E-state index is 10.9. The normalized spacial score (nSPS) is 29.6. The molecule has 3 rings (SSSR count). The summed E-state index contributed by atoms with van der Waals surface area (Å²) in [6.45, 7) is 17.1. The molecule has 0 saturated heterocycles. The Balaban J connectivity index is 1.97. The lowest BCUT2D eigenvalue weighted by atomic mass is 9.62. The zero-order valence-corrected chi connectivity index (χ0v) is 19.7. The number of aliphatic carboxylic acids is 1. The molecular weight excluding hydrogens is 372 g/mol. The highest BCUT2D eigenvalue weighted by molar-refractivity contribution is 5.81. The Kier molecular flexibility index (Phi) is 6.08. The quantitative estimate of drug-likeness (QED) is 0.432. The molecule has 0 radical (unpaired) electrons. The van der Waals surface area contributed by atoms with Crippen LogP contribution in [-0.2, 0) is 25.8 Å². The van der Waals surface area contributed by atoms with E-state index in [0.29, 0.717) is 18.4 Å². The summed E-state index contributed by atoms with van der Waals surface area (Å²) in [5.41, 5.74) is 5.54. The number of carbonyl (C=O) groups is 1. The van der Waals surface area contributed by atoms with Crippen molar-refractivity contribution in [2.45, 2.75) is 77.6 Å². The van der Waals surface area contributed by atoms with Crippen LogP contribution in [0.15, 0.2) is 42.0 Å². The predicted molar refractivity (Wildman–Crippen MR) is 123 cm³/mol. The van der Waals surface area contributed by atoms with E-state index in [0.717, 1.165) is 12.2 Å². The molecule has 0 amide bonds. The van der Waals surface area contributed by atoms with Crippen molar-refractivity contribution in [2.24, 2.45) is 11.8 Å². The van der Waals surface area contributed by atoms with Gasteiger partial charge in [-0.05, 0) is 71.6 Å². The minimum atomic E-state index is -0.902. The number of allylic oxidation sites excluding steroid dienone is 3. The minimum absolute atomic E-state index is 0.0157. The van der Waals surface area contributed by atoms with Crippen LogP contribution in [0.25, 0.3) is 0 Å². The lowest BCUT2D eigenvalue weighted by Gasteiger charge is -2.42. The number of carboxylic acids is 1. The maximum Gasteiger partial charge on any atom is 0.328 e. The molecule has 1 N–H and O–H groups in total. The molecule has 1 aromatic carbocycles. The molecule has 1 aromatic rings. The fourth-order valence-electron chi connectivity index (χ4n) is 5.32. The highest BCUT2D eigenvalue weighted by Crippen LogP contribution is 2.61. The van der Waals surface area contributed by atoms with Gasteiger partial charge in [-0.25, -0.2) is 4.79 Å². The van der Waals surface area contributed by atoms with E-state index in [9.17, 15) is 4.79 Å². The molecule has 3 atom stereocenters. The number of fused-ring (bicyclic) bond motifs is 1. The first-order chi connectivity index (χ1) is 13.9. The van der Waals surface area contributed by atoms with Gasteiger partial charge in [-0.15, -0.1) is 0 Å². The van der Waals surface area contributed by atoms with Gasteiger partial charge in [0.05, 0.1) is 6.61 Å². The van der Waals surface area contributed by atoms with Gasteiger partial charge in [0.25, 0.3) is 0 Å². The molecule has 164 valence electrons. The van der Waals surface area contributed by atoms with Crippen molar-refractivity contribution in [3.8, 4) is 0 Å². The topological polar surface area (TPSA) is 46.5 Å². The summed E-state index contributed by atoms with van der Waals surface area (Å²) in [6.07, 6.45) is 7.83. The number of carboxylic acid groups (broad SMARTS) is 1. The second-order valence-electron chi connectivity index (χ2n) is 10.7. The zero-order valence-electron chi connectivity index (χ0n) is 19.7. The molecule has 2 aliphatic carbocycles. The highest BCUT2D eigenvalue weighted by atomic mass is 16.5. The lowest BCUT2D eigenvalue weighted by molar-refractivity contribution is -0.131. The van der Waals surface area contributed by atoms with Crippen molar-refractivity contribution in [2.75, 3.05) is 13.2 Å². The van der Waals surface area contributed by atoms with Gasteiger partial charge in [-0.1, -0.05) is 65.0 Å². The molecule has 0 spiro atoms. The van der Waals surface area contributed by atoms with Crippen molar-refractivity contribution in [1.82, 2.24) is 0 Å². The first-order valence-electron chi connectivity index (χ1n) is 11.3. The highest BCUT2D eigenvalue weighted by Gasteiger charge is 2.60. The van der Waals surface area contributed by atoms with Crippen LogP contribution in [0.2, 0.25) is 0 Å². The maximum atomic E-state index is 10.9. The molecule has 3 nitrogen and oxygen atoms in total. The minimum Gasteiger partial charge on any atom is -0.478 e. The smallest absolute Gasteiger partial charge is 0.328 e. The van der Waals surface area contributed by atoms with Crippen LogP contribution < -0.4 is 0 Å². The zero-order chi connectivity index (χ0) is 22.3. The molecule has 2 aliphatic rings. The van der Waals surface area contributed by atoms with Gasteiger partial charge in [0.15, 0.2) is 0 Å². The summed E-state index contributed by atoms with van der Waals surface area (Å²) in [5, 5.41) is 8.99. The summed E-state index contributed by atoms with van der Waals surface area (Å²) in [7, 11) is 0. The van der Waals surface area contributed by atoms with Crippen LogP contribution in [0.4, 0.5) is 0 Å². The van der Waals surface area contributed by atoms with E-state index in [2.05, 4.69) is 58.9 Å². The molecular formula is C27H38O3. The third-order valence-electron chi connectivity index (χ3n) is 7.68. The Morgan fingerprint density at radius 2 is 1.77 bits per heavy atom. The Morgan fingerprint density at radius 1 is 1.13 bits per heavy atom. The summed E-state index contributed by atoms with van der Waals surface area (Å²) >= 11 is 0. The third kappa shape index (κ3) is 4.14. The van der Waals surface area contributed by atoms with Crippen molar-refractivity contribution in [3.05, 3.63) is 58.7 Å². The number of benzene rings is 1. The molecule has 3 heteroatoms. The van der Waals surface area contributed by atoms with E-state index in [-0.39, 0.29) is 16.2 Å². The van der Waals surface area contributed by atoms with E-state index in [4.69, 9.17) is 9.84 Å². The van der Waals surface area contributed by atoms with Crippen molar-refractivity contribution in [3.63, 3.8) is 0 Å². The molecule has 1 fully saturated rings. The van der Waals surface area contributed by atoms with Crippen molar-refractivity contribution in [1.29, 1.82) is 0 Å². The molecule has 0 bridgehead atoms. The molecule has 1 saturated carbocycles. The second-order valence-corrected chi connectivity index (χ2v) is 10.7. The summed E-state index contributed by atoms with van der Waals surface area (Å²) in [6, 6.07) is 7.15. The fraction of sp³-hybridized carbons (Fsp3) is 0.593. The summed E-state index contributed by atoms with van der Waals surface area (Å²) in [4.78, 5) is 10.9.